The van der Waals surface area contributed by atoms with E-state index in [1.165, 1.54) is 0 Å². The molecule has 0 atom stereocenters. The lowest BCUT2D eigenvalue weighted by atomic mass is 10.2. The Bertz CT molecular complexity index is 424. The third kappa shape index (κ3) is 1.90. The van der Waals surface area contributed by atoms with Gasteiger partial charge in [0.05, 0.1) is 0 Å². The highest BCUT2D eigenvalue weighted by Crippen LogP contribution is 2.21. The van der Waals surface area contributed by atoms with Crippen LogP contribution in [0, 0.1) is 6.92 Å². The van der Waals surface area contributed by atoms with Crippen molar-refractivity contribution in [3.63, 3.8) is 0 Å². The molecule has 1 aromatic heterocycles. The quantitative estimate of drug-likeness (QED) is 0.753. The summed E-state index contributed by atoms with van der Waals surface area (Å²) in [7, 11) is 0. The summed E-state index contributed by atoms with van der Waals surface area (Å²) in [5.41, 5.74) is 0.723. The van der Waals surface area contributed by atoms with Crippen LogP contribution in [0.4, 0.5) is 0 Å². The van der Waals surface area contributed by atoms with Crippen LogP contribution >= 0.6 is 0 Å². The van der Waals surface area contributed by atoms with E-state index in [9.17, 15) is 5.11 Å². The number of phenolic OH excluding ortho intramolecular Hbond substituents is 1. The summed E-state index contributed by atoms with van der Waals surface area (Å²) in [6.45, 7) is 1.72. The van der Waals surface area contributed by atoms with Crippen LogP contribution in [0.25, 0.3) is 11.5 Å². The minimum absolute atomic E-state index is 0. The van der Waals surface area contributed by atoms with Gasteiger partial charge >= 0.3 is 0 Å². The van der Waals surface area contributed by atoms with E-state index in [0.29, 0.717) is 11.8 Å². The first-order valence-electron chi connectivity index (χ1n) is 3.85. The second-order valence-electron chi connectivity index (χ2n) is 2.68. The fourth-order valence-electron chi connectivity index (χ4n) is 1.05. The zero-order valence-electron chi connectivity index (χ0n) is 7.06. The summed E-state index contributed by atoms with van der Waals surface area (Å²) < 4.78 is 5.19. The highest BCUT2D eigenvalue weighted by Gasteiger charge is 2.05. The van der Waals surface area contributed by atoms with Gasteiger partial charge in [-0.2, -0.15) is 0 Å². The molecule has 2 rings (SSSR count). The SMILES string of the molecule is C.Cc1nnc(-c2cccc(O)c2)o1. The largest absolute Gasteiger partial charge is 0.508 e. The number of rotatable bonds is 1. The fourth-order valence-corrected chi connectivity index (χ4v) is 1.05. The number of benzene rings is 1. The van der Waals surface area contributed by atoms with Crippen LogP contribution < -0.4 is 0 Å². The summed E-state index contributed by atoms with van der Waals surface area (Å²) in [6, 6.07) is 6.69. The molecule has 0 saturated carbocycles. The van der Waals surface area contributed by atoms with E-state index in [1.54, 1.807) is 31.2 Å². The van der Waals surface area contributed by atoms with E-state index in [0.717, 1.165) is 5.56 Å². The summed E-state index contributed by atoms with van der Waals surface area (Å²) in [4.78, 5) is 0. The molecule has 1 aromatic carbocycles. The molecule has 1 N–H and O–H groups in total. The van der Waals surface area contributed by atoms with Gasteiger partial charge in [-0.1, -0.05) is 13.5 Å². The third-order valence-electron chi connectivity index (χ3n) is 1.62. The van der Waals surface area contributed by atoms with Crippen molar-refractivity contribution in [1.29, 1.82) is 0 Å². The van der Waals surface area contributed by atoms with Gasteiger partial charge in [-0.25, -0.2) is 0 Å². The van der Waals surface area contributed by atoms with Gasteiger partial charge in [0.1, 0.15) is 5.75 Å². The van der Waals surface area contributed by atoms with Gasteiger partial charge in [-0.15, -0.1) is 10.2 Å². The van der Waals surface area contributed by atoms with E-state index >= 15 is 0 Å². The van der Waals surface area contributed by atoms with E-state index in [4.69, 9.17) is 4.42 Å². The molecule has 0 fully saturated rings. The number of phenols is 1. The molecule has 0 unspecified atom stereocenters. The molecule has 4 nitrogen and oxygen atoms in total. The van der Waals surface area contributed by atoms with Crippen molar-refractivity contribution in [2.24, 2.45) is 0 Å². The third-order valence-corrected chi connectivity index (χ3v) is 1.62. The lowest BCUT2D eigenvalue weighted by Crippen LogP contribution is -1.76. The Morgan fingerprint density at radius 2 is 2.07 bits per heavy atom. The molecule has 0 spiro atoms. The molecule has 0 aliphatic heterocycles. The Morgan fingerprint density at radius 3 is 2.64 bits per heavy atom. The predicted molar refractivity (Wildman–Crippen MR) is 52.9 cm³/mol. The van der Waals surface area contributed by atoms with Crippen molar-refractivity contribution in [2.45, 2.75) is 14.4 Å². The zero-order chi connectivity index (χ0) is 9.26. The first-order chi connectivity index (χ1) is 6.25. The molecule has 4 heteroatoms. The van der Waals surface area contributed by atoms with Crippen molar-refractivity contribution in [3.8, 4) is 17.2 Å². The molecule has 2 aromatic rings. The van der Waals surface area contributed by atoms with Crippen LogP contribution in [0.15, 0.2) is 28.7 Å². The minimum Gasteiger partial charge on any atom is -0.508 e. The van der Waals surface area contributed by atoms with Crippen molar-refractivity contribution in [3.05, 3.63) is 30.2 Å². The molecule has 0 bridgehead atoms. The van der Waals surface area contributed by atoms with Gasteiger partial charge in [0.2, 0.25) is 11.8 Å². The van der Waals surface area contributed by atoms with Gasteiger partial charge in [0, 0.05) is 12.5 Å². The van der Waals surface area contributed by atoms with E-state index in [1.807, 2.05) is 0 Å². The van der Waals surface area contributed by atoms with Gasteiger partial charge in [0.15, 0.2) is 0 Å². The summed E-state index contributed by atoms with van der Waals surface area (Å²) in [5, 5.41) is 16.7. The van der Waals surface area contributed by atoms with Gasteiger partial charge in [-0.05, 0) is 18.2 Å². The van der Waals surface area contributed by atoms with Gasteiger partial charge < -0.3 is 9.52 Å². The van der Waals surface area contributed by atoms with Crippen LogP contribution in [0.2, 0.25) is 0 Å². The average molecular weight is 192 g/mol. The zero-order valence-corrected chi connectivity index (χ0v) is 7.06. The number of hydrogen-bond acceptors (Lipinski definition) is 4. The maximum Gasteiger partial charge on any atom is 0.247 e. The number of nitrogens with zero attached hydrogens (tertiary/aromatic N) is 2. The second-order valence-corrected chi connectivity index (χ2v) is 2.68. The maximum atomic E-state index is 9.19. The highest BCUT2D eigenvalue weighted by atomic mass is 16.4. The molecule has 0 amide bonds. The monoisotopic (exact) mass is 192 g/mol. The van der Waals surface area contributed by atoms with Crippen molar-refractivity contribution < 1.29 is 9.52 Å². The lowest BCUT2D eigenvalue weighted by Gasteiger charge is -1.94. The molecule has 0 aliphatic rings. The summed E-state index contributed by atoms with van der Waals surface area (Å²) in [5.74, 6) is 1.13. The molecular weight excluding hydrogens is 180 g/mol. The van der Waals surface area contributed by atoms with E-state index in [2.05, 4.69) is 10.2 Å². The first-order valence-corrected chi connectivity index (χ1v) is 3.85. The van der Waals surface area contributed by atoms with Gasteiger partial charge in [0.25, 0.3) is 0 Å². The molecule has 0 aliphatic carbocycles. The first kappa shape index (κ1) is 10.2. The Labute approximate surface area is 82.2 Å². The Hall–Kier alpha value is -1.84. The molecule has 0 saturated heterocycles. The fraction of sp³-hybridized carbons (Fsp3) is 0.200. The van der Waals surface area contributed by atoms with Gasteiger partial charge in [-0.3, -0.25) is 0 Å². The second kappa shape index (κ2) is 3.91. The van der Waals surface area contributed by atoms with Crippen molar-refractivity contribution in [1.82, 2.24) is 10.2 Å². The topological polar surface area (TPSA) is 59.2 Å². The summed E-state index contributed by atoms with van der Waals surface area (Å²) in [6.07, 6.45) is 0. The average Bonchev–Trinajstić information content (AvgIpc) is 2.52. The Morgan fingerprint density at radius 1 is 1.29 bits per heavy atom. The van der Waals surface area contributed by atoms with E-state index < -0.39 is 0 Å². The highest BCUT2D eigenvalue weighted by molar-refractivity contribution is 5.54. The number of aromatic nitrogens is 2. The minimum atomic E-state index is 0. The molecule has 14 heavy (non-hydrogen) atoms. The Kier molecular flexibility index (Phi) is 2.86. The molecule has 0 radical (unpaired) electrons. The Balaban J connectivity index is 0.000000980. The number of aryl methyl sites for hydroxylation is 1. The van der Waals surface area contributed by atoms with Crippen LogP contribution in [0.1, 0.15) is 13.3 Å². The maximum absolute atomic E-state index is 9.19. The van der Waals surface area contributed by atoms with Crippen LogP contribution in [0.5, 0.6) is 5.75 Å². The standard InChI is InChI=1S/C9H8N2O2.CH4/c1-6-10-11-9(13-6)7-3-2-4-8(12)5-7;/h2-5,12H,1H3;1H4. The number of aromatic hydroxyl groups is 1. The van der Waals surface area contributed by atoms with Crippen LogP contribution in [-0.2, 0) is 0 Å². The summed E-state index contributed by atoms with van der Waals surface area (Å²) >= 11 is 0. The predicted octanol–water partition coefficient (Wildman–Crippen LogP) is 2.39. The smallest absolute Gasteiger partial charge is 0.247 e. The van der Waals surface area contributed by atoms with Crippen LogP contribution in [-0.4, -0.2) is 15.3 Å². The lowest BCUT2D eigenvalue weighted by molar-refractivity contribution is 0.474. The van der Waals surface area contributed by atoms with E-state index in [-0.39, 0.29) is 13.2 Å². The van der Waals surface area contributed by atoms with Crippen LogP contribution in [0.3, 0.4) is 0 Å². The normalized spacial score (nSPS) is 9.50. The molecular formula is C10H12N2O2. The number of hydrogen-bond donors (Lipinski definition) is 1. The molecule has 1 heterocycles. The van der Waals surface area contributed by atoms with Crippen molar-refractivity contribution >= 4 is 0 Å². The molecule has 74 valence electrons. The van der Waals surface area contributed by atoms with Crippen molar-refractivity contribution in [2.75, 3.05) is 0 Å².